The number of phenols is 1. The van der Waals surface area contributed by atoms with Crippen molar-refractivity contribution in [2.75, 3.05) is 13.1 Å². The average molecular weight is 1120 g/mol. The summed E-state index contributed by atoms with van der Waals surface area (Å²) in [5, 5.41) is 49.3. The lowest BCUT2D eigenvalue weighted by molar-refractivity contribution is -0.143. The molecule has 18 N–H and O–H groups in total. The Labute approximate surface area is 462 Å². The Bertz CT molecular complexity index is 2550. The fourth-order valence-corrected chi connectivity index (χ4v) is 7.94. The van der Waals surface area contributed by atoms with Crippen LogP contribution in [0.5, 0.6) is 5.75 Å². The van der Waals surface area contributed by atoms with Gasteiger partial charge in [0.1, 0.15) is 48.0 Å². The lowest BCUT2D eigenvalue weighted by atomic mass is 9.97. The molecule has 0 saturated heterocycles. The second-order valence-corrected chi connectivity index (χ2v) is 19.7. The van der Waals surface area contributed by atoms with E-state index in [4.69, 9.17) is 17.2 Å². The first-order valence-corrected chi connectivity index (χ1v) is 26.1. The number of aromatic amines is 1. The summed E-state index contributed by atoms with van der Waals surface area (Å²) in [6.07, 6.45) is 4.12. The second kappa shape index (κ2) is 33.7. The molecular formula is C52H76N14O14. The van der Waals surface area contributed by atoms with E-state index in [1.165, 1.54) is 49.2 Å². The first-order valence-electron chi connectivity index (χ1n) is 26.1. The number of aliphatic carboxylic acids is 2. The van der Waals surface area contributed by atoms with Gasteiger partial charge in [-0.25, -0.2) is 9.78 Å². The summed E-state index contributed by atoms with van der Waals surface area (Å²) in [4.78, 5) is 158. The Morgan fingerprint density at radius 1 is 0.625 bits per heavy atom. The molecule has 9 atom stereocenters. The third-order valence-electron chi connectivity index (χ3n) is 12.6. The van der Waals surface area contributed by atoms with Crippen molar-refractivity contribution in [1.82, 2.24) is 57.5 Å². The number of aromatic hydroxyl groups is 1. The van der Waals surface area contributed by atoms with Gasteiger partial charge in [-0.1, -0.05) is 52.3 Å². The van der Waals surface area contributed by atoms with E-state index < -0.39 is 139 Å². The van der Waals surface area contributed by atoms with Gasteiger partial charge in [0, 0.05) is 50.0 Å². The summed E-state index contributed by atoms with van der Waals surface area (Å²) < 4.78 is 0. The first kappa shape index (κ1) is 65.8. The zero-order chi connectivity index (χ0) is 59.5. The van der Waals surface area contributed by atoms with Gasteiger partial charge in [0.2, 0.25) is 53.2 Å². The minimum Gasteiger partial charge on any atom is -0.508 e. The van der Waals surface area contributed by atoms with Crippen LogP contribution in [0.3, 0.4) is 0 Å². The van der Waals surface area contributed by atoms with Gasteiger partial charge in [-0.05, 0) is 79.8 Å². The van der Waals surface area contributed by atoms with Crippen LogP contribution in [0.4, 0.5) is 0 Å². The van der Waals surface area contributed by atoms with Crippen LogP contribution in [-0.4, -0.2) is 157 Å². The van der Waals surface area contributed by atoms with E-state index in [2.05, 4.69) is 57.5 Å². The highest BCUT2D eigenvalue weighted by atomic mass is 16.4. The number of carboxylic acid groups (broad SMARTS) is 2. The molecule has 0 radical (unpaired) electrons. The van der Waals surface area contributed by atoms with Gasteiger partial charge in [0.05, 0.1) is 25.3 Å². The van der Waals surface area contributed by atoms with Crippen LogP contribution in [-0.2, 0) is 72.0 Å². The van der Waals surface area contributed by atoms with Crippen LogP contribution in [0.2, 0.25) is 0 Å². The largest absolute Gasteiger partial charge is 0.508 e. The number of rotatable bonds is 36. The number of carbonyl (C=O) groups excluding carboxylic acids is 9. The van der Waals surface area contributed by atoms with Gasteiger partial charge in [0.15, 0.2) is 0 Å². The van der Waals surface area contributed by atoms with Gasteiger partial charge in [-0.15, -0.1) is 0 Å². The normalized spacial score (nSPS) is 14.4. The fourth-order valence-electron chi connectivity index (χ4n) is 7.94. The number of hydrogen-bond donors (Lipinski definition) is 15. The molecule has 0 aliphatic rings. The molecule has 28 nitrogen and oxygen atoms in total. The molecule has 2 heterocycles. The van der Waals surface area contributed by atoms with Crippen LogP contribution in [0, 0.1) is 11.8 Å². The van der Waals surface area contributed by atoms with Gasteiger partial charge < -0.3 is 80.0 Å². The van der Waals surface area contributed by atoms with Crippen LogP contribution >= 0.6 is 0 Å². The Balaban J connectivity index is 1.92. The minimum absolute atomic E-state index is 0.0249. The Morgan fingerprint density at radius 3 is 1.73 bits per heavy atom. The zero-order valence-corrected chi connectivity index (χ0v) is 45.2. The summed E-state index contributed by atoms with van der Waals surface area (Å²) in [5.41, 5.74) is 18.2. The molecule has 9 amide bonds. The number of hydrogen-bond acceptors (Lipinski definition) is 16. The summed E-state index contributed by atoms with van der Waals surface area (Å²) in [6, 6.07) is -3.18. The molecule has 0 unspecified atom stereocenters. The van der Waals surface area contributed by atoms with E-state index in [1.807, 2.05) is 20.8 Å². The van der Waals surface area contributed by atoms with Crippen molar-refractivity contribution in [3.63, 3.8) is 0 Å². The number of imidazole rings is 1. The van der Waals surface area contributed by atoms with Crippen molar-refractivity contribution in [2.24, 2.45) is 29.0 Å². The Morgan fingerprint density at radius 2 is 1.19 bits per heavy atom. The number of phenolic OH excluding ortho intramolecular Hbond substituents is 1. The second-order valence-electron chi connectivity index (χ2n) is 19.7. The van der Waals surface area contributed by atoms with E-state index in [-0.39, 0.29) is 56.2 Å². The summed E-state index contributed by atoms with van der Waals surface area (Å²) in [6.45, 7) is 6.94. The summed E-state index contributed by atoms with van der Waals surface area (Å²) in [7, 11) is 0. The highest BCUT2D eigenvalue weighted by Gasteiger charge is 2.35. The summed E-state index contributed by atoms with van der Waals surface area (Å²) in [5.74, 6) is -11.8. The molecule has 0 saturated carbocycles. The van der Waals surface area contributed by atoms with Crippen molar-refractivity contribution in [3.05, 3.63) is 78.1 Å². The van der Waals surface area contributed by atoms with Gasteiger partial charge in [0.25, 0.3) is 0 Å². The number of carbonyl (C=O) groups is 11. The molecule has 0 aliphatic heterocycles. The van der Waals surface area contributed by atoms with Crippen molar-refractivity contribution >= 4 is 65.1 Å². The van der Waals surface area contributed by atoms with E-state index in [9.17, 15) is 68.1 Å². The predicted octanol–water partition coefficient (Wildman–Crippen LogP) is -2.58. The maximum absolute atomic E-state index is 14.4. The fraction of sp³-hybridized carbons (Fsp3) is 0.519. The van der Waals surface area contributed by atoms with Crippen LogP contribution in [0.1, 0.15) is 95.9 Å². The number of nitrogens with one attached hydrogen (secondary N) is 9. The quantitative estimate of drug-likeness (QED) is 0.0266. The van der Waals surface area contributed by atoms with E-state index in [1.54, 1.807) is 19.1 Å². The number of unbranched alkanes of at least 4 members (excludes halogenated alkanes) is 1. The number of nitrogens with two attached hydrogens (primary N) is 3. The molecule has 3 aromatic rings. The lowest BCUT2D eigenvalue weighted by Gasteiger charge is -2.27. The predicted molar refractivity (Wildman–Crippen MR) is 287 cm³/mol. The molecule has 80 heavy (non-hydrogen) atoms. The lowest BCUT2D eigenvalue weighted by Crippen LogP contribution is -2.60. The topological polar surface area (TPSA) is 464 Å². The number of aromatic nitrogens is 3. The van der Waals surface area contributed by atoms with Crippen LogP contribution in [0.15, 0.2) is 61.3 Å². The molecular weight excluding hydrogens is 1040 g/mol. The number of nitrogens with zero attached hydrogens (tertiary/aromatic N) is 2. The molecule has 0 bridgehead atoms. The number of amides is 9. The van der Waals surface area contributed by atoms with Crippen molar-refractivity contribution in [3.8, 4) is 5.75 Å². The SMILES string of the molecule is CC[C@H](C)[C@@H](N)C(=O)N[C@H](CC(C)C)C(=O)NCC(=O)N[C@H](Cc1cnc[nH]1)C(=O)N[C@@H](Cc1cccnc1)C(=O)N[C@H](CCC(N)=O)C(=O)N[C@H](CC(=O)O)C(=O)N[C@H](Cc1ccc(O)cc1)C(=O)N[C@H](CCCCN)C(=O)O. The number of pyridine rings is 1. The van der Waals surface area contributed by atoms with E-state index in [0.717, 1.165) is 0 Å². The molecule has 28 heteroatoms. The van der Waals surface area contributed by atoms with Crippen molar-refractivity contribution in [2.45, 2.75) is 147 Å². The number of carboxylic acids is 2. The van der Waals surface area contributed by atoms with Crippen LogP contribution in [0.25, 0.3) is 0 Å². The van der Waals surface area contributed by atoms with Crippen molar-refractivity contribution in [1.29, 1.82) is 0 Å². The van der Waals surface area contributed by atoms with E-state index in [0.29, 0.717) is 36.1 Å². The Kier molecular flexibility index (Phi) is 27.7. The maximum Gasteiger partial charge on any atom is 0.326 e. The molecule has 1 aromatic carbocycles. The highest BCUT2D eigenvalue weighted by molar-refractivity contribution is 5.98. The van der Waals surface area contributed by atoms with Crippen molar-refractivity contribution < 1.29 is 68.1 Å². The van der Waals surface area contributed by atoms with Gasteiger partial charge in [-0.3, -0.25) is 52.9 Å². The minimum atomic E-state index is -1.97. The number of primary amides is 1. The molecule has 438 valence electrons. The molecule has 2 aromatic heterocycles. The third kappa shape index (κ3) is 23.6. The smallest absolute Gasteiger partial charge is 0.326 e. The monoisotopic (exact) mass is 1120 g/mol. The molecule has 0 spiro atoms. The van der Waals surface area contributed by atoms with Crippen LogP contribution < -0.4 is 59.7 Å². The Hall–Kier alpha value is -8.53. The zero-order valence-electron chi connectivity index (χ0n) is 45.2. The molecule has 0 aliphatic carbocycles. The summed E-state index contributed by atoms with van der Waals surface area (Å²) >= 11 is 0. The van der Waals surface area contributed by atoms with Gasteiger partial charge in [-0.2, -0.15) is 0 Å². The molecule has 3 rings (SSSR count). The first-order chi connectivity index (χ1) is 37.9. The highest BCUT2D eigenvalue weighted by Crippen LogP contribution is 2.14. The third-order valence-corrected chi connectivity index (χ3v) is 12.6. The number of H-pyrrole nitrogens is 1. The van der Waals surface area contributed by atoms with Gasteiger partial charge >= 0.3 is 11.9 Å². The molecule has 0 fully saturated rings. The van der Waals surface area contributed by atoms with E-state index >= 15 is 0 Å². The number of benzene rings is 1. The maximum atomic E-state index is 14.4. The standard InChI is InChI=1S/C52H76N14O14/c1-5-29(4)44(55)51(78)66-36(19-28(2)3)45(72)58-26-42(69)60-39(22-32-25-57-27-59-32)49(76)64-38(21-31-9-8-18-56-24-31)47(74)61-34(15-16-41(54)68)46(73)65-40(23-43(70)71)50(77)63-37(20-30-11-13-33(67)14-12-30)48(75)62-35(52(79)80)10-6-7-17-53/h8-9,11-14,18,24-25,27-29,34-40,44,67H,5-7,10,15-17,19-23,26,53,55H2,1-4H3,(H2,54,68)(H,57,59)(H,58,72)(H,60,69)(H,61,74)(H,62,75)(H,63,77)(H,64,76)(H,65,73)(H,66,78)(H,70,71)(H,79,80)/t29-,34+,35+,36+,37+,38-,39+,40+,44+/m0/s1. The average Bonchev–Trinajstić information content (AvgIpc) is 3.93.